The van der Waals surface area contributed by atoms with Crippen LogP contribution in [0, 0.1) is 0 Å². The SMILES string of the molecule is CCCOc1ccc(S(=O)(=O)N2CC(Br)C(=O)NC2=O)cc1. The van der Waals surface area contributed by atoms with Crippen LogP contribution in [0.5, 0.6) is 5.75 Å². The first-order chi connectivity index (χ1) is 10.4. The maximum Gasteiger partial charge on any atom is 0.338 e. The van der Waals surface area contributed by atoms with Gasteiger partial charge in [0.2, 0.25) is 5.91 Å². The summed E-state index contributed by atoms with van der Waals surface area (Å²) in [5, 5.41) is 1.99. The summed E-state index contributed by atoms with van der Waals surface area (Å²) in [6, 6.07) is 4.84. The third-order valence-electron chi connectivity index (χ3n) is 2.95. The van der Waals surface area contributed by atoms with Gasteiger partial charge in [-0.3, -0.25) is 10.1 Å². The second kappa shape index (κ2) is 6.66. The molecule has 1 aromatic carbocycles. The van der Waals surface area contributed by atoms with Crippen LogP contribution in [0.15, 0.2) is 29.2 Å². The number of alkyl halides is 1. The molecule has 1 heterocycles. The topological polar surface area (TPSA) is 92.8 Å². The molecule has 2 rings (SSSR count). The Morgan fingerprint density at radius 2 is 1.95 bits per heavy atom. The van der Waals surface area contributed by atoms with E-state index in [0.29, 0.717) is 16.7 Å². The number of carbonyl (C=O) groups is 2. The largest absolute Gasteiger partial charge is 0.494 e. The van der Waals surface area contributed by atoms with E-state index in [2.05, 4.69) is 15.9 Å². The first-order valence-corrected chi connectivity index (χ1v) is 8.96. The number of hydrogen-bond donors (Lipinski definition) is 1. The normalized spacial score (nSPS) is 19.0. The molecule has 0 bridgehead atoms. The molecule has 1 atom stereocenters. The minimum atomic E-state index is -4.02. The minimum absolute atomic E-state index is 0.0412. The number of carbonyl (C=O) groups excluding carboxylic acids is 2. The Bertz CT molecular complexity index is 674. The maximum atomic E-state index is 12.5. The zero-order valence-electron chi connectivity index (χ0n) is 11.8. The molecule has 1 fully saturated rings. The van der Waals surface area contributed by atoms with Crippen molar-refractivity contribution in [3.63, 3.8) is 0 Å². The van der Waals surface area contributed by atoms with Crippen LogP contribution in [-0.4, -0.2) is 42.6 Å². The second-order valence-electron chi connectivity index (χ2n) is 4.62. The highest BCUT2D eigenvalue weighted by Gasteiger charge is 2.38. The number of hydrogen-bond acceptors (Lipinski definition) is 5. The highest BCUT2D eigenvalue weighted by atomic mass is 79.9. The second-order valence-corrected chi connectivity index (χ2v) is 7.59. The van der Waals surface area contributed by atoms with Crippen LogP contribution in [0.1, 0.15) is 13.3 Å². The predicted octanol–water partition coefficient (Wildman–Crippen LogP) is 1.48. The van der Waals surface area contributed by atoms with E-state index in [1.165, 1.54) is 24.3 Å². The Kier molecular flexibility index (Phi) is 5.07. The lowest BCUT2D eigenvalue weighted by molar-refractivity contribution is -0.120. The maximum absolute atomic E-state index is 12.5. The molecule has 9 heteroatoms. The molecule has 0 saturated carbocycles. The molecule has 1 aliphatic heterocycles. The molecule has 120 valence electrons. The Balaban J connectivity index is 2.22. The van der Waals surface area contributed by atoms with Crippen LogP contribution in [0.3, 0.4) is 0 Å². The number of nitrogens with one attached hydrogen (secondary N) is 1. The van der Waals surface area contributed by atoms with E-state index in [0.717, 1.165) is 6.42 Å². The summed E-state index contributed by atoms with van der Waals surface area (Å²) in [7, 11) is -4.02. The van der Waals surface area contributed by atoms with Gasteiger partial charge in [-0.1, -0.05) is 22.9 Å². The van der Waals surface area contributed by atoms with E-state index in [1.54, 1.807) is 0 Å². The number of rotatable bonds is 5. The van der Waals surface area contributed by atoms with Crippen molar-refractivity contribution in [2.24, 2.45) is 0 Å². The van der Waals surface area contributed by atoms with Gasteiger partial charge in [0.1, 0.15) is 10.6 Å². The Labute approximate surface area is 136 Å². The van der Waals surface area contributed by atoms with Gasteiger partial charge in [-0.25, -0.2) is 17.5 Å². The molecule has 1 aliphatic rings. The Morgan fingerprint density at radius 1 is 1.32 bits per heavy atom. The molecule has 1 aromatic rings. The lowest BCUT2D eigenvalue weighted by Gasteiger charge is -2.28. The molecule has 22 heavy (non-hydrogen) atoms. The minimum Gasteiger partial charge on any atom is -0.494 e. The molecule has 0 spiro atoms. The lowest BCUT2D eigenvalue weighted by Crippen LogP contribution is -2.56. The molecule has 7 nitrogen and oxygen atoms in total. The van der Waals surface area contributed by atoms with Crippen molar-refractivity contribution >= 4 is 37.9 Å². The van der Waals surface area contributed by atoms with Crippen LogP contribution >= 0.6 is 15.9 Å². The average molecular weight is 391 g/mol. The van der Waals surface area contributed by atoms with E-state index in [1.807, 2.05) is 12.2 Å². The van der Waals surface area contributed by atoms with Crippen molar-refractivity contribution in [1.82, 2.24) is 9.62 Å². The van der Waals surface area contributed by atoms with Crippen molar-refractivity contribution in [1.29, 1.82) is 0 Å². The van der Waals surface area contributed by atoms with Crippen molar-refractivity contribution < 1.29 is 22.7 Å². The molecule has 0 radical (unpaired) electrons. The molecule has 3 amide bonds. The summed E-state index contributed by atoms with van der Waals surface area (Å²) in [4.78, 5) is 22.3. The quantitative estimate of drug-likeness (QED) is 0.768. The van der Waals surface area contributed by atoms with Crippen LogP contribution < -0.4 is 10.1 Å². The van der Waals surface area contributed by atoms with Crippen molar-refractivity contribution in [3.8, 4) is 5.75 Å². The molecule has 1 saturated heterocycles. The Morgan fingerprint density at radius 3 is 2.55 bits per heavy atom. The highest BCUT2D eigenvalue weighted by molar-refractivity contribution is 9.10. The van der Waals surface area contributed by atoms with E-state index in [9.17, 15) is 18.0 Å². The third kappa shape index (κ3) is 3.41. The van der Waals surface area contributed by atoms with Gasteiger partial charge < -0.3 is 4.74 Å². The van der Waals surface area contributed by atoms with Crippen LogP contribution in [-0.2, 0) is 14.8 Å². The average Bonchev–Trinajstić information content (AvgIpc) is 2.49. The summed E-state index contributed by atoms with van der Waals surface area (Å²) < 4.78 is 31.0. The zero-order valence-corrected chi connectivity index (χ0v) is 14.2. The van der Waals surface area contributed by atoms with Gasteiger partial charge in [0.15, 0.2) is 0 Å². The number of halogens is 1. The van der Waals surface area contributed by atoms with Crippen molar-refractivity contribution in [3.05, 3.63) is 24.3 Å². The van der Waals surface area contributed by atoms with Gasteiger partial charge >= 0.3 is 6.03 Å². The predicted molar refractivity (Wildman–Crippen MR) is 82.4 cm³/mol. The monoisotopic (exact) mass is 390 g/mol. The van der Waals surface area contributed by atoms with Crippen LogP contribution in [0.25, 0.3) is 0 Å². The first kappa shape index (κ1) is 16.8. The standard InChI is InChI=1S/C13H15BrN2O5S/c1-2-7-21-9-3-5-10(6-4-9)22(19,20)16-8-11(14)12(17)15-13(16)18/h3-6,11H,2,7-8H2,1H3,(H,15,17,18). The van der Waals surface area contributed by atoms with Gasteiger partial charge in [-0.2, -0.15) is 0 Å². The number of urea groups is 1. The molecular formula is C13H15BrN2O5S. The summed E-state index contributed by atoms with van der Waals surface area (Å²) in [5.74, 6) is -0.00259. The Hall–Kier alpha value is -1.61. The first-order valence-electron chi connectivity index (χ1n) is 6.60. The third-order valence-corrected chi connectivity index (χ3v) is 5.42. The zero-order chi connectivity index (χ0) is 16.3. The summed E-state index contributed by atoms with van der Waals surface area (Å²) >= 11 is 3.04. The smallest absolute Gasteiger partial charge is 0.338 e. The summed E-state index contributed by atoms with van der Waals surface area (Å²) in [6.45, 7) is 2.25. The molecular weight excluding hydrogens is 376 g/mol. The van der Waals surface area contributed by atoms with E-state index >= 15 is 0 Å². The van der Waals surface area contributed by atoms with Crippen LogP contribution in [0.4, 0.5) is 4.79 Å². The summed E-state index contributed by atoms with van der Waals surface area (Å²) in [5.41, 5.74) is 0. The number of sulfonamides is 1. The fraction of sp³-hybridized carbons (Fsp3) is 0.385. The molecule has 1 unspecified atom stereocenters. The molecule has 1 N–H and O–H groups in total. The molecule has 0 aromatic heterocycles. The van der Waals surface area contributed by atoms with Gasteiger partial charge in [0, 0.05) is 0 Å². The number of ether oxygens (including phenoxy) is 1. The van der Waals surface area contributed by atoms with Gasteiger partial charge in [-0.15, -0.1) is 0 Å². The van der Waals surface area contributed by atoms with Gasteiger partial charge in [-0.05, 0) is 30.7 Å². The van der Waals surface area contributed by atoms with Crippen molar-refractivity contribution in [2.75, 3.05) is 13.2 Å². The van der Waals surface area contributed by atoms with Gasteiger partial charge in [0.05, 0.1) is 18.0 Å². The number of benzene rings is 1. The summed E-state index contributed by atoms with van der Waals surface area (Å²) in [6.07, 6.45) is 0.842. The van der Waals surface area contributed by atoms with E-state index < -0.39 is 26.8 Å². The number of imide groups is 1. The van der Waals surface area contributed by atoms with E-state index in [-0.39, 0.29) is 11.4 Å². The van der Waals surface area contributed by atoms with Gasteiger partial charge in [0.25, 0.3) is 10.0 Å². The highest BCUT2D eigenvalue weighted by Crippen LogP contribution is 2.22. The van der Waals surface area contributed by atoms with Crippen LogP contribution in [0.2, 0.25) is 0 Å². The lowest BCUT2D eigenvalue weighted by atomic mass is 10.3. The number of amides is 3. The van der Waals surface area contributed by atoms with E-state index in [4.69, 9.17) is 4.74 Å². The molecule has 0 aliphatic carbocycles. The number of nitrogens with zero attached hydrogens (tertiary/aromatic N) is 1. The fourth-order valence-corrected chi connectivity index (χ4v) is 3.76. The fourth-order valence-electron chi connectivity index (χ4n) is 1.82. The van der Waals surface area contributed by atoms with Crippen molar-refractivity contribution in [2.45, 2.75) is 23.1 Å².